The molecule has 0 bridgehead atoms. The first kappa shape index (κ1) is 24.4. The molecule has 0 unspecified atom stereocenters. The Labute approximate surface area is 203 Å². The van der Waals surface area contributed by atoms with Crippen molar-refractivity contribution in [2.24, 2.45) is 0 Å². The Hall–Kier alpha value is -2.75. The van der Waals surface area contributed by atoms with Crippen LogP contribution in [0.25, 0.3) is 11.3 Å². The summed E-state index contributed by atoms with van der Waals surface area (Å²) in [5.41, 5.74) is 12.7. The third-order valence-electron chi connectivity index (χ3n) is 6.08. The average molecular weight is 481 g/mol. The van der Waals surface area contributed by atoms with E-state index < -0.39 is 8.07 Å². The van der Waals surface area contributed by atoms with E-state index in [1.165, 1.54) is 16.7 Å². The summed E-state index contributed by atoms with van der Waals surface area (Å²) < 4.78 is 13.5. The zero-order valence-corrected chi connectivity index (χ0v) is 22.0. The molecule has 0 atom stereocenters. The van der Waals surface area contributed by atoms with E-state index in [2.05, 4.69) is 65.7 Å². The number of hydrogen-bond donors (Lipinski definition) is 1. The molecule has 9 heteroatoms. The van der Waals surface area contributed by atoms with Gasteiger partial charge in [-0.2, -0.15) is 5.10 Å². The number of ether oxygens (including phenoxy) is 2. The van der Waals surface area contributed by atoms with Crippen LogP contribution < -0.4 is 10.5 Å². The van der Waals surface area contributed by atoms with E-state index in [1.807, 2.05) is 12.3 Å². The summed E-state index contributed by atoms with van der Waals surface area (Å²) in [5, 5.41) is 4.52. The highest BCUT2D eigenvalue weighted by atomic mass is 28.3. The fourth-order valence-electron chi connectivity index (χ4n) is 4.07. The third kappa shape index (κ3) is 6.22. The molecule has 34 heavy (non-hydrogen) atoms. The van der Waals surface area contributed by atoms with Gasteiger partial charge in [0.2, 0.25) is 0 Å². The van der Waals surface area contributed by atoms with Crippen molar-refractivity contribution in [1.29, 1.82) is 0 Å². The Balaban J connectivity index is 1.41. The summed E-state index contributed by atoms with van der Waals surface area (Å²) in [6, 6.07) is 7.45. The van der Waals surface area contributed by atoms with Gasteiger partial charge in [0.15, 0.2) is 5.82 Å². The minimum absolute atomic E-state index is 0.262. The van der Waals surface area contributed by atoms with Crippen molar-refractivity contribution >= 4 is 13.9 Å². The lowest BCUT2D eigenvalue weighted by molar-refractivity contribution is 0.0779. The first-order valence-corrected chi connectivity index (χ1v) is 15.6. The van der Waals surface area contributed by atoms with Crippen LogP contribution in [0.4, 0.5) is 5.82 Å². The van der Waals surface area contributed by atoms with Gasteiger partial charge in [-0.1, -0.05) is 19.6 Å². The Morgan fingerprint density at radius 3 is 2.82 bits per heavy atom. The van der Waals surface area contributed by atoms with Crippen LogP contribution in [0.5, 0.6) is 5.88 Å². The van der Waals surface area contributed by atoms with Gasteiger partial charge >= 0.3 is 0 Å². The maximum Gasteiger partial charge on any atom is 0.258 e. The van der Waals surface area contributed by atoms with E-state index in [1.54, 1.807) is 10.9 Å². The molecule has 2 N–H and O–H groups in total. The summed E-state index contributed by atoms with van der Waals surface area (Å²) in [5.74, 6) is 0.596. The number of aromatic nitrogens is 4. The molecular weight excluding hydrogens is 444 g/mol. The second-order valence-corrected chi connectivity index (χ2v) is 16.0. The molecule has 2 aromatic heterocycles. The highest BCUT2D eigenvalue weighted by Crippen LogP contribution is 2.29. The van der Waals surface area contributed by atoms with Gasteiger partial charge in [0.05, 0.1) is 17.6 Å². The van der Waals surface area contributed by atoms with Crippen LogP contribution in [0.15, 0.2) is 30.6 Å². The van der Waals surface area contributed by atoms with Crippen LogP contribution in [-0.4, -0.2) is 52.9 Å². The Morgan fingerprint density at radius 2 is 2.03 bits per heavy atom. The van der Waals surface area contributed by atoms with Crippen LogP contribution in [0.1, 0.15) is 22.4 Å². The van der Waals surface area contributed by atoms with Gasteiger partial charge < -0.3 is 20.1 Å². The molecule has 1 aliphatic rings. The lowest BCUT2D eigenvalue weighted by atomic mass is 9.92. The number of rotatable bonds is 9. The molecule has 1 aromatic carbocycles. The van der Waals surface area contributed by atoms with Crippen molar-refractivity contribution in [3.8, 4) is 17.1 Å². The summed E-state index contributed by atoms with van der Waals surface area (Å²) in [6.07, 6.45) is 4.68. The van der Waals surface area contributed by atoms with Gasteiger partial charge in [-0.15, -0.1) is 0 Å². The normalized spacial score (nSPS) is 14.3. The second kappa shape index (κ2) is 10.2. The zero-order valence-electron chi connectivity index (χ0n) is 21.0. The van der Waals surface area contributed by atoms with Crippen molar-refractivity contribution in [2.75, 3.05) is 25.9 Å². The van der Waals surface area contributed by atoms with Crippen LogP contribution in [0, 0.1) is 6.92 Å². The predicted molar refractivity (Wildman–Crippen MR) is 137 cm³/mol. The molecular formula is C25H36N6O2Si. The Bertz CT molecular complexity index is 1140. The van der Waals surface area contributed by atoms with Crippen molar-refractivity contribution in [3.63, 3.8) is 0 Å². The number of aryl methyl sites for hydroxylation is 1. The topological polar surface area (TPSA) is 91.3 Å². The predicted octanol–water partition coefficient (Wildman–Crippen LogP) is 4.11. The average Bonchev–Trinajstić information content (AvgIpc) is 3.23. The molecule has 8 nitrogen and oxygen atoms in total. The molecule has 0 saturated carbocycles. The van der Waals surface area contributed by atoms with Gasteiger partial charge in [0.25, 0.3) is 5.88 Å². The van der Waals surface area contributed by atoms with E-state index in [0.717, 1.165) is 49.1 Å². The molecule has 0 spiro atoms. The summed E-state index contributed by atoms with van der Waals surface area (Å²) in [7, 11) is 1.06. The maximum atomic E-state index is 6.06. The molecule has 0 amide bonds. The SMILES string of the molecule is Cc1cc(-c2cnc(N)c(OCc3ccn(COCC[Si](C)(C)C)n3)n2)cc2c1CCN(C)C2. The molecule has 1 aliphatic heterocycles. The van der Waals surface area contributed by atoms with Gasteiger partial charge in [-0.25, -0.2) is 14.6 Å². The number of likely N-dealkylation sites (N-methyl/N-ethyl adjacent to an activating group) is 1. The lowest BCUT2D eigenvalue weighted by Gasteiger charge is -2.27. The molecule has 0 aliphatic carbocycles. The van der Waals surface area contributed by atoms with Crippen molar-refractivity contribution in [1.82, 2.24) is 24.6 Å². The van der Waals surface area contributed by atoms with Crippen molar-refractivity contribution in [3.05, 3.63) is 53.0 Å². The minimum atomic E-state index is -1.09. The van der Waals surface area contributed by atoms with Gasteiger partial charge in [-0.3, -0.25) is 0 Å². The minimum Gasteiger partial charge on any atom is -0.468 e. The van der Waals surface area contributed by atoms with E-state index in [4.69, 9.17) is 15.2 Å². The molecule has 4 rings (SSSR count). The third-order valence-corrected chi connectivity index (χ3v) is 7.79. The number of benzene rings is 1. The molecule has 0 fully saturated rings. The van der Waals surface area contributed by atoms with Gasteiger partial charge in [0.1, 0.15) is 13.3 Å². The van der Waals surface area contributed by atoms with Crippen LogP contribution in [0.3, 0.4) is 0 Å². The fourth-order valence-corrected chi connectivity index (χ4v) is 4.82. The number of hydrogen-bond acceptors (Lipinski definition) is 7. The maximum absolute atomic E-state index is 6.06. The Kier molecular flexibility index (Phi) is 7.35. The smallest absolute Gasteiger partial charge is 0.258 e. The number of anilines is 1. The number of nitrogens with zero attached hydrogens (tertiary/aromatic N) is 5. The van der Waals surface area contributed by atoms with E-state index >= 15 is 0 Å². The largest absolute Gasteiger partial charge is 0.468 e. The summed E-state index contributed by atoms with van der Waals surface area (Å²) >= 11 is 0. The van der Waals surface area contributed by atoms with Gasteiger partial charge in [0, 0.05) is 39.5 Å². The van der Waals surface area contributed by atoms with Crippen molar-refractivity contribution < 1.29 is 9.47 Å². The van der Waals surface area contributed by atoms with Crippen LogP contribution in [-0.2, 0) is 31.0 Å². The van der Waals surface area contributed by atoms with Crippen LogP contribution >= 0.6 is 0 Å². The number of fused-ring (bicyclic) bond motifs is 1. The molecule has 0 radical (unpaired) electrons. The van der Waals surface area contributed by atoms with E-state index in [-0.39, 0.29) is 12.4 Å². The quantitative estimate of drug-likeness (QED) is 0.364. The highest BCUT2D eigenvalue weighted by molar-refractivity contribution is 6.76. The number of nitrogen functional groups attached to an aromatic ring is 1. The highest BCUT2D eigenvalue weighted by Gasteiger charge is 2.18. The van der Waals surface area contributed by atoms with Crippen molar-refractivity contribution in [2.45, 2.75) is 58.9 Å². The molecule has 3 aromatic rings. The number of nitrogens with two attached hydrogens (primary N) is 1. The van der Waals surface area contributed by atoms with Gasteiger partial charge in [-0.05, 0) is 61.3 Å². The molecule has 182 valence electrons. The fraction of sp³-hybridized carbons (Fsp3) is 0.480. The first-order valence-electron chi connectivity index (χ1n) is 11.8. The first-order chi connectivity index (χ1) is 16.2. The molecule has 3 heterocycles. The summed E-state index contributed by atoms with van der Waals surface area (Å²) in [4.78, 5) is 11.4. The molecule has 0 saturated heterocycles. The second-order valence-electron chi connectivity index (χ2n) is 10.3. The standard InChI is InChI=1S/C25H36N6O2Si/c1-18-12-19(13-20-15-30(2)8-7-22(18)20)23-14-27-24(26)25(28-23)33-16-21-6-9-31(29-21)17-32-10-11-34(3,4)5/h6,9,12-14H,7-8,10-11,15-17H2,1-5H3,(H2,26,27). The lowest BCUT2D eigenvalue weighted by Crippen LogP contribution is -2.27. The Morgan fingerprint density at radius 1 is 1.21 bits per heavy atom. The van der Waals surface area contributed by atoms with E-state index in [9.17, 15) is 0 Å². The monoisotopic (exact) mass is 480 g/mol. The zero-order chi connectivity index (χ0) is 24.3. The van der Waals surface area contributed by atoms with Crippen LogP contribution in [0.2, 0.25) is 25.7 Å². The summed E-state index contributed by atoms with van der Waals surface area (Å²) in [6.45, 7) is 12.7. The van der Waals surface area contributed by atoms with E-state index in [0.29, 0.717) is 12.6 Å².